The van der Waals surface area contributed by atoms with Crippen molar-refractivity contribution in [3.63, 3.8) is 0 Å². The molecule has 0 aliphatic rings. The Morgan fingerprint density at radius 1 is 1.24 bits per heavy atom. The number of rotatable bonds is 4. The number of benzene rings is 2. The molecule has 5 nitrogen and oxygen atoms in total. The molecule has 0 amide bonds. The van der Waals surface area contributed by atoms with Crippen molar-refractivity contribution in [1.29, 1.82) is 0 Å². The summed E-state index contributed by atoms with van der Waals surface area (Å²) in [6.45, 7) is 0. The summed E-state index contributed by atoms with van der Waals surface area (Å²) in [5.41, 5.74) is 5.51. The van der Waals surface area contributed by atoms with E-state index < -0.39 is 15.8 Å². The number of anilines is 2. The molecule has 0 atom stereocenters. The van der Waals surface area contributed by atoms with Gasteiger partial charge in [-0.1, -0.05) is 15.9 Å². The number of nitrogens with one attached hydrogen (secondary N) is 1. The Morgan fingerprint density at radius 3 is 2.62 bits per heavy atom. The first-order chi connectivity index (χ1) is 9.83. The normalized spacial score (nSPS) is 11.2. The second kappa shape index (κ2) is 5.90. The van der Waals surface area contributed by atoms with E-state index in [2.05, 4.69) is 20.7 Å². The quantitative estimate of drug-likeness (QED) is 0.806. The molecule has 0 spiro atoms. The van der Waals surface area contributed by atoms with E-state index in [1.54, 1.807) is 6.07 Å². The van der Waals surface area contributed by atoms with Crippen molar-refractivity contribution in [2.24, 2.45) is 0 Å². The van der Waals surface area contributed by atoms with Crippen LogP contribution in [0.4, 0.5) is 15.8 Å². The molecule has 0 aliphatic heterocycles. The van der Waals surface area contributed by atoms with E-state index in [0.29, 0.717) is 10.2 Å². The van der Waals surface area contributed by atoms with Gasteiger partial charge in [0.1, 0.15) is 16.5 Å². The number of nitrogens with two attached hydrogens (primary N) is 1. The summed E-state index contributed by atoms with van der Waals surface area (Å²) in [4.78, 5) is -0.140. The molecule has 21 heavy (non-hydrogen) atoms. The Bertz CT molecular complexity index is 781. The fourth-order valence-corrected chi connectivity index (χ4v) is 3.38. The number of hydrogen-bond acceptors (Lipinski definition) is 4. The maximum Gasteiger partial charge on any atom is 0.264 e. The van der Waals surface area contributed by atoms with Crippen molar-refractivity contribution in [3.8, 4) is 5.75 Å². The molecule has 2 aromatic rings. The summed E-state index contributed by atoms with van der Waals surface area (Å²) in [5.74, 6) is -0.385. The molecule has 2 rings (SSSR count). The van der Waals surface area contributed by atoms with Crippen LogP contribution in [-0.2, 0) is 10.0 Å². The first kappa shape index (κ1) is 15.6. The van der Waals surface area contributed by atoms with Crippen LogP contribution in [-0.4, -0.2) is 15.5 Å². The molecule has 2 aromatic carbocycles. The minimum absolute atomic E-state index is 0.0639. The van der Waals surface area contributed by atoms with Crippen LogP contribution < -0.4 is 15.2 Å². The molecular weight excluding hydrogens is 363 g/mol. The minimum atomic E-state index is -4.01. The Balaban J connectivity index is 2.44. The van der Waals surface area contributed by atoms with E-state index in [-0.39, 0.29) is 16.3 Å². The molecule has 0 fully saturated rings. The number of methoxy groups -OCH3 is 1. The summed E-state index contributed by atoms with van der Waals surface area (Å²) in [6, 6.07) is 8.15. The van der Waals surface area contributed by atoms with Crippen LogP contribution in [0.2, 0.25) is 0 Å². The molecule has 0 aromatic heterocycles. The third-order valence-electron chi connectivity index (χ3n) is 2.68. The third kappa shape index (κ3) is 3.45. The largest absolute Gasteiger partial charge is 0.497 e. The van der Waals surface area contributed by atoms with Crippen LogP contribution in [0.3, 0.4) is 0 Å². The molecule has 8 heteroatoms. The lowest BCUT2D eigenvalue weighted by Gasteiger charge is -2.12. The zero-order valence-corrected chi connectivity index (χ0v) is 13.3. The second-order valence-electron chi connectivity index (χ2n) is 4.13. The van der Waals surface area contributed by atoms with Gasteiger partial charge in [-0.2, -0.15) is 0 Å². The molecule has 0 aliphatic carbocycles. The van der Waals surface area contributed by atoms with Gasteiger partial charge in [0.05, 0.1) is 18.5 Å². The topological polar surface area (TPSA) is 81.4 Å². The van der Waals surface area contributed by atoms with E-state index in [9.17, 15) is 12.8 Å². The smallest absolute Gasteiger partial charge is 0.264 e. The van der Waals surface area contributed by atoms with E-state index in [1.807, 2.05) is 0 Å². The van der Waals surface area contributed by atoms with E-state index in [1.165, 1.54) is 31.4 Å². The number of sulfonamides is 1. The molecule has 0 saturated carbocycles. The van der Waals surface area contributed by atoms with Gasteiger partial charge in [-0.25, -0.2) is 12.8 Å². The van der Waals surface area contributed by atoms with Gasteiger partial charge >= 0.3 is 0 Å². The lowest BCUT2D eigenvalue weighted by atomic mass is 10.3. The predicted octanol–water partition coefficient (Wildman–Crippen LogP) is 2.98. The van der Waals surface area contributed by atoms with Crippen LogP contribution in [0.15, 0.2) is 45.8 Å². The van der Waals surface area contributed by atoms with Crippen LogP contribution in [0.25, 0.3) is 0 Å². The van der Waals surface area contributed by atoms with Crippen molar-refractivity contribution < 1.29 is 17.5 Å². The molecule has 0 saturated heterocycles. The molecule has 0 radical (unpaired) electrons. The molecule has 0 bridgehead atoms. The average molecular weight is 375 g/mol. The summed E-state index contributed by atoms with van der Waals surface area (Å²) in [7, 11) is -2.61. The molecule has 0 heterocycles. The van der Waals surface area contributed by atoms with Gasteiger partial charge in [0.2, 0.25) is 0 Å². The van der Waals surface area contributed by atoms with Gasteiger partial charge in [0.15, 0.2) is 0 Å². The highest BCUT2D eigenvalue weighted by atomic mass is 79.9. The van der Waals surface area contributed by atoms with Crippen LogP contribution >= 0.6 is 15.9 Å². The Hall–Kier alpha value is -1.80. The average Bonchev–Trinajstić information content (AvgIpc) is 2.43. The van der Waals surface area contributed by atoms with Gasteiger partial charge < -0.3 is 10.5 Å². The van der Waals surface area contributed by atoms with Crippen molar-refractivity contribution in [2.45, 2.75) is 4.90 Å². The van der Waals surface area contributed by atoms with E-state index in [0.717, 1.165) is 6.07 Å². The summed E-state index contributed by atoms with van der Waals surface area (Å²) in [6.07, 6.45) is 0. The highest BCUT2D eigenvalue weighted by Crippen LogP contribution is 2.27. The van der Waals surface area contributed by atoms with Crippen molar-refractivity contribution in [3.05, 3.63) is 46.7 Å². The Kier molecular flexibility index (Phi) is 4.38. The molecular formula is C13H12BrFN2O3S. The Morgan fingerprint density at radius 2 is 1.95 bits per heavy atom. The fourth-order valence-electron chi connectivity index (χ4n) is 1.65. The molecule has 0 unspecified atom stereocenters. The Labute approximate surface area is 130 Å². The van der Waals surface area contributed by atoms with Gasteiger partial charge in [0.25, 0.3) is 10.0 Å². The number of hydrogen-bond donors (Lipinski definition) is 2. The maximum absolute atomic E-state index is 13.7. The van der Waals surface area contributed by atoms with E-state index in [4.69, 9.17) is 10.5 Å². The van der Waals surface area contributed by atoms with Crippen LogP contribution in [0.1, 0.15) is 0 Å². The minimum Gasteiger partial charge on any atom is -0.497 e. The van der Waals surface area contributed by atoms with Gasteiger partial charge in [-0.05, 0) is 30.3 Å². The summed E-state index contributed by atoms with van der Waals surface area (Å²) >= 11 is 3.17. The number of nitrogen functional groups attached to an aromatic ring is 1. The second-order valence-corrected chi connectivity index (χ2v) is 6.70. The van der Waals surface area contributed by atoms with Crippen LogP contribution in [0.5, 0.6) is 5.75 Å². The third-order valence-corrected chi connectivity index (χ3v) is 4.60. The monoisotopic (exact) mass is 374 g/mol. The summed E-state index contributed by atoms with van der Waals surface area (Å²) < 4.78 is 46.0. The van der Waals surface area contributed by atoms with Crippen molar-refractivity contribution in [1.82, 2.24) is 0 Å². The highest BCUT2D eigenvalue weighted by molar-refractivity contribution is 9.10. The SMILES string of the molecule is COc1ccc(F)c(NS(=O)(=O)c2cc(Br)ccc2N)c1. The van der Waals surface area contributed by atoms with Crippen molar-refractivity contribution >= 4 is 37.3 Å². The predicted molar refractivity (Wildman–Crippen MR) is 82.3 cm³/mol. The lowest BCUT2D eigenvalue weighted by Crippen LogP contribution is -2.15. The highest BCUT2D eigenvalue weighted by Gasteiger charge is 2.20. The fraction of sp³-hybridized carbons (Fsp3) is 0.0769. The number of halogens is 2. The van der Waals surface area contributed by atoms with E-state index >= 15 is 0 Å². The zero-order chi connectivity index (χ0) is 15.6. The lowest BCUT2D eigenvalue weighted by molar-refractivity contribution is 0.414. The van der Waals surface area contributed by atoms with Crippen molar-refractivity contribution in [2.75, 3.05) is 17.6 Å². The standard InChI is InChI=1S/C13H12BrFN2O3S/c1-20-9-3-4-10(15)12(7-9)17-21(18,19)13-6-8(14)2-5-11(13)16/h2-7,17H,16H2,1H3. The summed E-state index contributed by atoms with van der Waals surface area (Å²) in [5, 5.41) is 0. The first-order valence-corrected chi connectivity index (χ1v) is 8.02. The maximum atomic E-state index is 13.7. The molecule has 112 valence electrons. The van der Waals surface area contributed by atoms with Gasteiger partial charge in [-0.3, -0.25) is 4.72 Å². The molecule has 3 N–H and O–H groups in total. The zero-order valence-electron chi connectivity index (χ0n) is 10.9. The first-order valence-electron chi connectivity index (χ1n) is 5.75. The van der Waals surface area contributed by atoms with Gasteiger partial charge in [-0.15, -0.1) is 0 Å². The van der Waals surface area contributed by atoms with Crippen LogP contribution in [0, 0.1) is 5.82 Å². The van der Waals surface area contributed by atoms with Gasteiger partial charge in [0, 0.05) is 10.5 Å². The number of ether oxygens (including phenoxy) is 1.